The van der Waals surface area contributed by atoms with Crippen LogP contribution in [0.4, 0.5) is 0 Å². The number of ether oxygens (including phenoxy) is 1. The minimum atomic E-state index is -0.664. The van der Waals surface area contributed by atoms with Crippen molar-refractivity contribution in [3.05, 3.63) is 198 Å². The third-order valence-electron chi connectivity index (χ3n) is 14.4. The molecule has 0 spiro atoms. The Kier molecular flexibility index (Phi) is 11.5. The number of fused-ring (bicyclic) bond motifs is 4. The van der Waals surface area contributed by atoms with Crippen molar-refractivity contribution < 1.29 is 20.3 Å². The van der Waals surface area contributed by atoms with E-state index in [0.717, 1.165) is 47.3 Å². The molecule has 0 radical (unpaired) electrons. The summed E-state index contributed by atoms with van der Waals surface area (Å²) in [6, 6.07) is 34.8. The van der Waals surface area contributed by atoms with Crippen LogP contribution in [0.2, 0.25) is 0 Å². The molecule has 0 atom stereocenters. The number of para-hydroxylation sites is 3. The molecule has 5 heteroatoms. The van der Waals surface area contributed by atoms with Crippen LogP contribution < -0.4 is 9.30 Å². The highest BCUT2D eigenvalue weighted by molar-refractivity contribution is 6.11. The Morgan fingerprint density at radius 3 is 1.99 bits per heavy atom. The van der Waals surface area contributed by atoms with Crippen LogP contribution in [0.3, 0.4) is 0 Å². The van der Waals surface area contributed by atoms with Crippen molar-refractivity contribution in [2.75, 3.05) is 0 Å². The number of aromatic nitrogens is 4. The van der Waals surface area contributed by atoms with E-state index in [-0.39, 0.29) is 52.2 Å². The van der Waals surface area contributed by atoms with Crippen LogP contribution in [0.15, 0.2) is 170 Å². The van der Waals surface area contributed by atoms with Gasteiger partial charge in [-0.05, 0) is 134 Å². The van der Waals surface area contributed by atoms with E-state index in [9.17, 15) is 6.85 Å². The van der Waals surface area contributed by atoms with Crippen LogP contribution >= 0.6 is 0 Å². The summed E-state index contributed by atoms with van der Waals surface area (Å²) >= 11 is 0. The second kappa shape index (κ2) is 20.4. The fourth-order valence-corrected chi connectivity index (χ4v) is 10.5. The summed E-state index contributed by atoms with van der Waals surface area (Å²) in [5.41, 5.74) is 9.00. The number of hydrogen-bond acceptors (Lipinski definition) is 2. The third-order valence-corrected chi connectivity index (χ3v) is 14.4. The highest BCUT2D eigenvalue weighted by Crippen LogP contribution is 2.43. The molecule has 3 aromatic heterocycles. The van der Waals surface area contributed by atoms with Gasteiger partial charge < -0.3 is 4.74 Å². The Labute approximate surface area is 464 Å². The summed E-state index contributed by atoms with van der Waals surface area (Å²) in [7, 11) is 0. The molecule has 388 valence electrons. The lowest BCUT2D eigenvalue weighted by Gasteiger charge is -2.26. The van der Waals surface area contributed by atoms with Crippen LogP contribution in [0, 0.1) is 5.41 Å². The summed E-state index contributed by atoms with van der Waals surface area (Å²) in [6.07, 6.45) is 10.4. The zero-order chi connectivity index (χ0) is 60.7. The molecule has 10 aromatic rings. The quantitative estimate of drug-likeness (QED) is 0.0852. The van der Waals surface area contributed by atoms with Gasteiger partial charge in [-0.3, -0.25) is 4.57 Å². The minimum Gasteiger partial charge on any atom is -0.457 e. The van der Waals surface area contributed by atoms with Gasteiger partial charge in [0.2, 0.25) is 0 Å². The van der Waals surface area contributed by atoms with Crippen molar-refractivity contribution in [3.8, 4) is 50.9 Å². The topological polar surface area (TPSA) is 35.9 Å². The van der Waals surface area contributed by atoms with Gasteiger partial charge in [-0.2, -0.15) is 9.13 Å². The molecule has 10 rings (SSSR count). The van der Waals surface area contributed by atoms with Crippen molar-refractivity contribution >= 4 is 32.8 Å². The number of benzene rings is 7. The van der Waals surface area contributed by atoms with Crippen LogP contribution in [0.25, 0.3) is 72.3 Å². The maximum atomic E-state index is 9.98. The SMILES string of the molecule is [2H]c1c([2H])c([2H])c(-c2cccc(-c3c([2H])c(C(C)(C)C)c([2H])c(C(C)(C)C)c3[2H])c2-[n+]2cn(-c3cccc(Oc4cc(CC(C)(C)C)c5c6cc(CCCCCC)ccc6n(-c6cc(C(C)(C)C)ccn6)c5c4)c3)c3ccccc32)c([2H])c1[2H]. The predicted molar refractivity (Wildman–Crippen MR) is 321 cm³/mol. The van der Waals surface area contributed by atoms with E-state index < -0.39 is 29.0 Å². The molecule has 3 heterocycles. The van der Waals surface area contributed by atoms with E-state index in [4.69, 9.17) is 13.8 Å². The number of pyridine rings is 1. The van der Waals surface area contributed by atoms with Gasteiger partial charge in [-0.1, -0.05) is 200 Å². The number of aryl methyl sites for hydroxylation is 1. The third kappa shape index (κ3) is 10.8. The fraction of sp³-hybridized carbons (Fsp3) is 0.324. The standard InChI is InChI=1S/C71H79N4O/c1-14-15-16-18-25-48-34-35-61-60(38-48)66-51(46-68(2,3)4)41-57(45-64(66)75(61)65-43-52(36-37-72-65)69(5,6)7)76-56-29-23-28-55(44-56)73-47-74(63-33-22-21-32-62(63)73)67-58(49-26-19-17-20-27-49)30-24-31-59(67)50-39-53(70(8,9)10)42-54(40-50)71(11,12)13/h17,19-24,26-45,47H,14-16,18,25,46H2,1-13H3/q+1/i17D,19D,20D,26D,27D,39D,40D,42D. The first-order valence-corrected chi connectivity index (χ1v) is 27.2. The Morgan fingerprint density at radius 2 is 1.29 bits per heavy atom. The van der Waals surface area contributed by atoms with Crippen LogP contribution in [0.1, 0.15) is 154 Å². The van der Waals surface area contributed by atoms with Gasteiger partial charge in [-0.15, -0.1) is 0 Å². The van der Waals surface area contributed by atoms with Gasteiger partial charge in [-0.25, -0.2) is 4.98 Å². The molecule has 5 nitrogen and oxygen atoms in total. The number of imidazole rings is 1. The second-order valence-corrected chi connectivity index (χ2v) is 25.0. The smallest absolute Gasteiger partial charge is 0.255 e. The minimum absolute atomic E-state index is 0.0118. The Hall–Kier alpha value is -7.24. The lowest BCUT2D eigenvalue weighted by molar-refractivity contribution is -0.566. The summed E-state index contributed by atoms with van der Waals surface area (Å²) in [4.78, 5) is 5.05. The van der Waals surface area contributed by atoms with Gasteiger partial charge in [0.1, 0.15) is 28.7 Å². The van der Waals surface area contributed by atoms with E-state index >= 15 is 0 Å². The number of nitrogens with zero attached hydrogens (tertiary/aromatic N) is 4. The Bertz CT molecular complexity index is 4150. The molecule has 0 saturated heterocycles. The van der Waals surface area contributed by atoms with E-state index in [2.05, 4.69) is 95.5 Å². The molecule has 76 heavy (non-hydrogen) atoms. The fourth-order valence-electron chi connectivity index (χ4n) is 10.5. The van der Waals surface area contributed by atoms with Crippen molar-refractivity contribution in [1.29, 1.82) is 0 Å². The summed E-state index contributed by atoms with van der Waals surface area (Å²) in [5, 5.41) is 2.40. The van der Waals surface area contributed by atoms with E-state index in [0.29, 0.717) is 45.0 Å². The molecule has 0 unspecified atom stereocenters. The van der Waals surface area contributed by atoms with Crippen molar-refractivity contribution in [2.45, 2.75) is 145 Å². The maximum Gasteiger partial charge on any atom is 0.255 e. The average Bonchev–Trinajstić information content (AvgIpc) is 1.65. The summed E-state index contributed by atoms with van der Waals surface area (Å²) in [5.74, 6) is 2.12. The lowest BCUT2D eigenvalue weighted by Crippen LogP contribution is -2.31. The van der Waals surface area contributed by atoms with Gasteiger partial charge in [0, 0.05) is 40.2 Å². The Balaban J connectivity index is 1.19. The van der Waals surface area contributed by atoms with E-state index in [1.54, 1.807) is 12.1 Å². The first kappa shape index (κ1) is 42.9. The zero-order valence-corrected chi connectivity index (χ0v) is 47.0. The molecule has 0 fully saturated rings. The molecule has 0 aliphatic rings. The van der Waals surface area contributed by atoms with Gasteiger partial charge in [0.15, 0.2) is 11.0 Å². The molecule has 0 saturated carbocycles. The van der Waals surface area contributed by atoms with E-state index in [1.807, 2.05) is 118 Å². The van der Waals surface area contributed by atoms with Crippen molar-refractivity contribution in [3.63, 3.8) is 0 Å². The number of unbranched alkanes of at least 4 members (excludes halogenated alkanes) is 3. The monoisotopic (exact) mass is 1010 g/mol. The zero-order valence-electron chi connectivity index (χ0n) is 55.0. The average molecular weight is 1010 g/mol. The van der Waals surface area contributed by atoms with Gasteiger partial charge in [0.05, 0.1) is 22.0 Å². The largest absolute Gasteiger partial charge is 0.457 e. The predicted octanol–water partition coefficient (Wildman–Crippen LogP) is 19.1. The Morgan fingerprint density at radius 1 is 0.592 bits per heavy atom. The molecular formula is C71H79N4O+. The lowest BCUT2D eigenvalue weighted by atomic mass is 9.78. The summed E-state index contributed by atoms with van der Waals surface area (Å²) < 4.78 is 87.8. The van der Waals surface area contributed by atoms with Crippen LogP contribution in [0.5, 0.6) is 11.5 Å². The normalized spacial score (nSPS) is 14.1. The van der Waals surface area contributed by atoms with Crippen LogP contribution in [-0.4, -0.2) is 14.1 Å². The number of rotatable bonds is 13. The second-order valence-electron chi connectivity index (χ2n) is 25.0. The highest BCUT2D eigenvalue weighted by Gasteiger charge is 2.29. The molecular weight excluding hydrogens is 925 g/mol. The van der Waals surface area contributed by atoms with Crippen molar-refractivity contribution in [2.24, 2.45) is 5.41 Å². The van der Waals surface area contributed by atoms with Gasteiger partial charge in [0.25, 0.3) is 6.33 Å². The number of hydrogen-bond donors (Lipinski definition) is 0. The molecule has 0 bridgehead atoms. The van der Waals surface area contributed by atoms with Gasteiger partial charge >= 0.3 is 0 Å². The van der Waals surface area contributed by atoms with Crippen molar-refractivity contribution in [1.82, 2.24) is 14.1 Å². The van der Waals surface area contributed by atoms with E-state index in [1.165, 1.54) is 46.7 Å². The maximum absolute atomic E-state index is 9.98. The molecule has 0 aliphatic carbocycles. The molecule has 7 aromatic carbocycles. The molecule has 0 amide bonds. The highest BCUT2D eigenvalue weighted by atomic mass is 16.5. The summed E-state index contributed by atoms with van der Waals surface area (Å²) in [6.45, 7) is 27.6. The molecule has 0 aliphatic heterocycles. The molecule has 0 N–H and O–H groups in total. The first-order chi connectivity index (χ1) is 39.5. The van der Waals surface area contributed by atoms with Crippen LogP contribution in [-0.2, 0) is 29.1 Å². The first-order valence-electron chi connectivity index (χ1n) is 31.2.